The van der Waals surface area contributed by atoms with Gasteiger partial charge in [-0.05, 0) is 37.6 Å². The molecule has 2 heterocycles. The molecule has 0 atom stereocenters. The summed E-state index contributed by atoms with van der Waals surface area (Å²) in [4.78, 5) is 7.86. The molecule has 0 bridgehead atoms. The Balaban J connectivity index is 0.000000253. The first-order valence-corrected chi connectivity index (χ1v) is 4.53. The maximum absolute atomic E-state index is 4.08. The highest BCUT2D eigenvalue weighted by Gasteiger charge is 1.81. The number of hydrogen-bond donors (Lipinski definition) is 0. The first kappa shape index (κ1) is 13.6. The topological polar surface area (TPSA) is 25.8 Å². The van der Waals surface area contributed by atoms with E-state index in [-0.39, 0.29) is 12.4 Å². The van der Waals surface area contributed by atoms with Gasteiger partial charge in [0.05, 0.1) is 0 Å². The monoisotopic (exact) mass is 222 g/mol. The maximum Gasteiger partial charge on any atom is 0.0372 e. The van der Waals surface area contributed by atoms with Crippen LogP contribution in [-0.4, -0.2) is 9.97 Å². The van der Waals surface area contributed by atoms with Crippen LogP contribution in [0.25, 0.3) is 0 Å². The lowest BCUT2D eigenvalue weighted by Crippen LogP contribution is -1.78. The van der Waals surface area contributed by atoms with E-state index in [1.54, 1.807) is 12.4 Å². The zero-order valence-corrected chi connectivity index (χ0v) is 9.74. The largest absolute Gasteiger partial charge is 0.265 e. The van der Waals surface area contributed by atoms with Crippen molar-refractivity contribution in [3.05, 3.63) is 60.2 Å². The van der Waals surface area contributed by atoms with Gasteiger partial charge in [-0.25, -0.2) is 0 Å². The van der Waals surface area contributed by atoms with Crippen molar-refractivity contribution in [1.82, 2.24) is 9.97 Å². The van der Waals surface area contributed by atoms with Crippen LogP contribution in [0.5, 0.6) is 0 Å². The molecule has 0 aliphatic carbocycles. The fraction of sp³-hybridized carbons (Fsp3) is 0.167. The average Bonchev–Trinajstić information content (AvgIpc) is 2.26. The van der Waals surface area contributed by atoms with Gasteiger partial charge < -0.3 is 0 Å². The lowest BCUT2D eigenvalue weighted by Gasteiger charge is -1.89. The van der Waals surface area contributed by atoms with Crippen molar-refractivity contribution in [2.24, 2.45) is 0 Å². The van der Waals surface area contributed by atoms with Gasteiger partial charge in [0.15, 0.2) is 0 Å². The van der Waals surface area contributed by atoms with Gasteiger partial charge in [0.1, 0.15) is 0 Å². The van der Waals surface area contributed by atoms with Gasteiger partial charge in [-0.15, -0.1) is 12.4 Å². The predicted molar refractivity (Wildman–Crippen MR) is 65.2 cm³/mol. The van der Waals surface area contributed by atoms with Crippen LogP contribution < -0.4 is 0 Å². The number of rotatable bonds is 0. The molecule has 2 nitrogen and oxygen atoms in total. The minimum absolute atomic E-state index is 0. The van der Waals surface area contributed by atoms with Gasteiger partial charge in [0, 0.05) is 24.3 Å². The fourth-order valence-corrected chi connectivity index (χ4v) is 0.854. The van der Waals surface area contributed by atoms with Crippen LogP contribution in [0, 0.1) is 13.8 Å². The highest BCUT2D eigenvalue weighted by Crippen LogP contribution is 1.94. The van der Waals surface area contributed by atoms with Gasteiger partial charge in [-0.1, -0.05) is 12.1 Å². The van der Waals surface area contributed by atoms with Gasteiger partial charge in [-0.3, -0.25) is 9.97 Å². The van der Waals surface area contributed by atoms with Crippen molar-refractivity contribution < 1.29 is 0 Å². The first-order chi connectivity index (χ1) is 6.79. The number of nitrogens with zero attached hydrogens (tertiary/aromatic N) is 2. The Bertz CT molecular complexity index is 298. The van der Waals surface area contributed by atoms with E-state index in [0.717, 1.165) is 5.69 Å². The minimum Gasteiger partial charge on any atom is -0.265 e. The van der Waals surface area contributed by atoms with Gasteiger partial charge in [0.25, 0.3) is 0 Å². The third kappa shape index (κ3) is 6.63. The molecule has 15 heavy (non-hydrogen) atoms. The molecule has 80 valence electrons. The smallest absolute Gasteiger partial charge is 0.0372 e. The summed E-state index contributed by atoms with van der Waals surface area (Å²) in [5.41, 5.74) is 2.30. The number of pyridine rings is 2. The summed E-state index contributed by atoms with van der Waals surface area (Å²) in [6.07, 6.45) is 5.37. The van der Waals surface area contributed by atoms with Crippen LogP contribution >= 0.6 is 12.4 Å². The summed E-state index contributed by atoms with van der Waals surface area (Å²) >= 11 is 0. The Morgan fingerprint density at radius 2 is 1.60 bits per heavy atom. The molecule has 0 aromatic carbocycles. The zero-order chi connectivity index (χ0) is 10.2. The van der Waals surface area contributed by atoms with E-state index in [0.29, 0.717) is 0 Å². The first-order valence-electron chi connectivity index (χ1n) is 4.53. The van der Waals surface area contributed by atoms with Crippen LogP contribution in [0.4, 0.5) is 0 Å². The molecule has 0 aliphatic rings. The summed E-state index contributed by atoms with van der Waals surface area (Å²) in [6, 6.07) is 9.78. The molecule has 2 rings (SSSR count). The Labute approximate surface area is 96.8 Å². The molecular formula is C12H15ClN2. The van der Waals surface area contributed by atoms with Gasteiger partial charge in [-0.2, -0.15) is 0 Å². The van der Waals surface area contributed by atoms with E-state index in [9.17, 15) is 0 Å². The third-order valence-corrected chi connectivity index (χ3v) is 1.63. The molecule has 0 unspecified atom stereocenters. The Morgan fingerprint density at radius 3 is 1.87 bits per heavy atom. The molecule has 0 N–H and O–H groups in total. The second-order valence-corrected chi connectivity index (χ2v) is 3.00. The molecule has 0 amide bonds. The lowest BCUT2D eigenvalue weighted by atomic mass is 10.3. The molecule has 0 spiro atoms. The predicted octanol–water partition coefficient (Wildman–Crippen LogP) is 3.20. The van der Waals surface area contributed by atoms with Crippen molar-refractivity contribution in [3.63, 3.8) is 0 Å². The lowest BCUT2D eigenvalue weighted by molar-refractivity contribution is 1.17. The van der Waals surface area contributed by atoms with Crippen LogP contribution in [0.2, 0.25) is 0 Å². The SMILES string of the molecule is Cc1ccc(C)nc1.Cl.c1ccncc1. The number of aromatic nitrogens is 2. The van der Waals surface area contributed by atoms with Crippen molar-refractivity contribution in [2.75, 3.05) is 0 Å². The Kier molecular flexibility index (Phi) is 7.20. The summed E-state index contributed by atoms with van der Waals surface area (Å²) in [7, 11) is 0. The summed E-state index contributed by atoms with van der Waals surface area (Å²) < 4.78 is 0. The van der Waals surface area contributed by atoms with Crippen LogP contribution in [0.1, 0.15) is 11.3 Å². The molecular weight excluding hydrogens is 208 g/mol. The standard InChI is InChI=1S/C7H9N.C5H5N.ClH/c1-6-3-4-7(2)8-5-6;1-2-4-6-5-3-1;/h3-5H,1-2H3;1-5H;1H. The van der Waals surface area contributed by atoms with Crippen molar-refractivity contribution in [2.45, 2.75) is 13.8 Å². The molecule has 0 aliphatic heterocycles. The second-order valence-electron chi connectivity index (χ2n) is 3.00. The third-order valence-electron chi connectivity index (χ3n) is 1.63. The second kappa shape index (κ2) is 7.94. The van der Waals surface area contributed by atoms with E-state index >= 15 is 0 Å². The highest BCUT2D eigenvalue weighted by atomic mass is 35.5. The summed E-state index contributed by atoms with van der Waals surface area (Å²) in [5.74, 6) is 0. The Hall–Kier alpha value is -1.41. The minimum atomic E-state index is 0. The van der Waals surface area contributed by atoms with Crippen LogP contribution in [-0.2, 0) is 0 Å². The molecule has 0 radical (unpaired) electrons. The number of halogens is 1. The molecule has 3 heteroatoms. The van der Waals surface area contributed by atoms with E-state index in [2.05, 4.69) is 16.0 Å². The molecule has 0 fully saturated rings. The van der Waals surface area contributed by atoms with Crippen molar-refractivity contribution in [3.8, 4) is 0 Å². The molecule has 2 aromatic heterocycles. The van der Waals surface area contributed by atoms with Gasteiger partial charge in [0.2, 0.25) is 0 Å². The quantitative estimate of drug-likeness (QED) is 0.684. The van der Waals surface area contributed by atoms with Crippen molar-refractivity contribution in [1.29, 1.82) is 0 Å². The average molecular weight is 223 g/mol. The van der Waals surface area contributed by atoms with Crippen LogP contribution in [0.3, 0.4) is 0 Å². The van der Waals surface area contributed by atoms with E-state index in [1.807, 2.05) is 44.3 Å². The number of hydrogen-bond acceptors (Lipinski definition) is 2. The summed E-state index contributed by atoms with van der Waals surface area (Å²) in [6.45, 7) is 4.02. The van der Waals surface area contributed by atoms with E-state index in [4.69, 9.17) is 0 Å². The molecule has 2 aromatic rings. The van der Waals surface area contributed by atoms with Crippen LogP contribution in [0.15, 0.2) is 48.9 Å². The van der Waals surface area contributed by atoms with Crippen molar-refractivity contribution >= 4 is 12.4 Å². The molecule has 0 saturated heterocycles. The van der Waals surface area contributed by atoms with Gasteiger partial charge >= 0.3 is 0 Å². The normalized spacial score (nSPS) is 8.13. The maximum atomic E-state index is 4.08. The van der Waals surface area contributed by atoms with E-state index in [1.165, 1.54) is 5.56 Å². The Morgan fingerprint density at radius 1 is 0.933 bits per heavy atom. The van der Waals surface area contributed by atoms with E-state index < -0.39 is 0 Å². The highest BCUT2D eigenvalue weighted by molar-refractivity contribution is 5.85. The number of aryl methyl sites for hydroxylation is 2. The fourth-order valence-electron chi connectivity index (χ4n) is 0.854. The summed E-state index contributed by atoms with van der Waals surface area (Å²) in [5, 5.41) is 0. The molecule has 0 saturated carbocycles. The zero-order valence-electron chi connectivity index (χ0n) is 8.92.